The zero-order chi connectivity index (χ0) is 33.7. The zero-order valence-electron chi connectivity index (χ0n) is 27.5. The monoisotopic (exact) mass is 667 g/mol. The first kappa shape index (κ1) is 29.4. The second-order valence-electron chi connectivity index (χ2n) is 12.7. The molecule has 0 aliphatic rings. The number of nitrogens with zero attached hydrogens (tertiary/aromatic N) is 3. The zero-order valence-corrected chi connectivity index (χ0v) is 28.3. The minimum Gasteiger partial charge on any atom is -0.208 e. The van der Waals surface area contributed by atoms with Crippen LogP contribution in [0.4, 0.5) is 0 Å². The number of hydrogen-bond acceptors (Lipinski definition) is 4. The molecule has 0 unspecified atom stereocenters. The third-order valence-corrected chi connectivity index (χ3v) is 10.9. The van der Waals surface area contributed by atoms with Gasteiger partial charge in [-0.2, -0.15) is 0 Å². The first-order valence-corrected chi connectivity index (χ1v) is 17.9. The Morgan fingerprint density at radius 1 is 0.353 bits per heavy atom. The number of thiophene rings is 1. The normalized spacial score (nSPS) is 11.5. The minimum atomic E-state index is 0.651. The number of benzene rings is 8. The highest BCUT2D eigenvalue weighted by atomic mass is 32.1. The summed E-state index contributed by atoms with van der Waals surface area (Å²) in [5, 5.41) is 7.27. The van der Waals surface area contributed by atoms with Gasteiger partial charge in [-0.15, -0.1) is 11.3 Å². The largest absolute Gasteiger partial charge is 0.208 e. The molecule has 0 amide bonds. The van der Waals surface area contributed by atoms with E-state index in [1.54, 1.807) is 0 Å². The number of hydrogen-bond donors (Lipinski definition) is 0. The van der Waals surface area contributed by atoms with Crippen molar-refractivity contribution in [2.75, 3.05) is 0 Å². The summed E-state index contributed by atoms with van der Waals surface area (Å²) < 4.78 is 2.56. The lowest BCUT2D eigenvalue weighted by Crippen LogP contribution is -2.01. The van der Waals surface area contributed by atoms with Crippen molar-refractivity contribution in [2.45, 2.75) is 0 Å². The Balaban J connectivity index is 1.31. The molecule has 2 heterocycles. The average Bonchev–Trinajstić information content (AvgIpc) is 3.59. The van der Waals surface area contributed by atoms with E-state index in [2.05, 4.69) is 140 Å². The summed E-state index contributed by atoms with van der Waals surface area (Å²) in [6.45, 7) is 0. The van der Waals surface area contributed by atoms with Gasteiger partial charge in [0.05, 0.1) is 0 Å². The van der Waals surface area contributed by atoms with E-state index in [1.165, 1.54) is 47.6 Å². The summed E-state index contributed by atoms with van der Waals surface area (Å²) in [6, 6.07) is 62.1. The first-order chi connectivity index (χ1) is 25.3. The molecular formula is C47H29N3S. The SMILES string of the molecule is c1ccc(-c2nc(-c3ccccc3)nc(-c3cc(-c4c5ccccc5c(-c5ccccc5)c5c4sc4ccccc45)cc4ccccc34)n2)cc1. The van der Waals surface area contributed by atoms with Gasteiger partial charge in [0.2, 0.25) is 0 Å². The fourth-order valence-corrected chi connectivity index (χ4v) is 8.70. The molecule has 0 saturated carbocycles. The molecule has 10 rings (SSSR count). The number of rotatable bonds is 5. The summed E-state index contributed by atoms with van der Waals surface area (Å²) in [6.07, 6.45) is 0. The summed E-state index contributed by atoms with van der Waals surface area (Å²) >= 11 is 1.87. The van der Waals surface area contributed by atoms with Crippen LogP contribution in [0.1, 0.15) is 0 Å². The third kappa shape index (κ3) is 5.00. The lowest BCUT2D eigenvalue weighted by molar-refractivity contribution is 1.08. The molecule has 0 aliphatic heterocycles. The third-order valence-electron chi connectivity index (χ3n) is 9.69. The van der Waals surface area contributed by atoms with E-state index >= 15 is 0 Å². The topological polar surface area (TPSA) is 38.7 Å². The quantitative estimate of drug-likeness (QED) is 0.183. The van der Waals surface area contributed by atoms with Gasteiger partial charge >= 0.3 is 0 Å². The van der Waals surface area contributed by atoms with E-state index in [4.69, 9.17) is 15.0 Å². The van der Waals surface area contributed by atoms with Gasteiger partial charge in [0.25, 0.3) is 0 Å². The molecule has 0 atom stereocenters. The summed E-state index contributed by atoms with van der Waals surface area (Å²) in [5.74, 6) is 1.95. The van der Waals surface area contributed by atoms with Crippen LogP contribution in [0.15, 0.2) is 176 Å². The Morgan fingerprint density at radius 2 is 0.843 bits per heavy atom. The molecule has 8 aromatic carbocycles. The Labute approximate surface area is 299 Å². The van der Waals surface area contributed by atoms with E-state index in [9.17, 15) is 0 Å². The van der Waals surface area contributed by atoms with Crippen molar-refractivity contribution < 1.29 is 0 Å². The van der Waals surface area contributed by atoms with Crippen LogP contribution in [0, 0.1) is 0 Å². The van der Waals surface area contributed by atoms with Gasteiger partial charge in [-0.25, -0.2) is 15.0 Å². The summed E-state index contributed by atoms with van der Waals surface area (Å²) in [4.78, 5) is 15.3. The van der Waals surface area contributed by atoms with Crippen molar-refractivity contribution in [1.82, 2.24) is 15.0 Å². The molecule has 0 radical (unpaired) electrons. The lowest BCUT2D eigenvalue weighted by atomic mass is 9.87. The lowest BCUT2D eigenvalue weighted by Gasteiger charge is -2.17. The van der Waals surface area contributed by atoms with Crippen molar-refractivity contribution in [3.8, 4) is 56.4 Å². The van der Waals surface area contributed by atoms with Gasteiger partial charge in [0.1, 0.15) is 0 Å². The van der Waals surface area contributed by atoms with Crippen molar-refractivity contribution >= 4 is 53.1 Å². The Kier molecular flexibility index (Phi) is 7.00. The maximum Gasteiger partial charge on any atom is 0.164 e. The standard InChI is InChI=1S/C47H29N3S/c1-4-16-30(17-5-1)41-36-24-12-13-25-37(36)42(44-43(41)38-26-14-15-27-40(38)51-44)34-28-33-22-10-11-23-35(33)39(29-34)47-49-45(31-18-6-2-7-19-31)48-46(50-47)32-20-8-3-9-21-32/h1-29H. The molecule has 0 aliphatic carbocycles. The van der Waals surface area contributed by atoms with Crippen LogP contribution >= 0.6 is 11.3 Å². The van der Waals surface area contributed by atoms with E-state index in [0.29, 0.717) is 17.5 Å². The first-order valence-electron chi connectivity index (χ1n) is 17.1. The van der Waals surface area contributed by atoms with Gasteiger partial charge in [-0.05, 0) is 56.4 Å². The second-order valence-corrected chi connectivity index (χ2v) is 13.8. The van der Waals surface area contributed by atoms with Crippen LogP contribution in [-0.2, 0) is 0 Å². The van der Waals surface area contributed by atoms with Crippen LogP contribution < -0.4 is 0 Å². The highest BCUT2D eigenvalue weighted by Crippen LogP contribution is 2.50. The molecule has 0 bridgehead atoms. The Bertz CT molecular complexity index is 2840. The minimum absolute atomic E-state index is 0.651. The van der Waals surface area contributed by atoms with Crippen molar-refractivity contribution in [2.24, 2.45) is 0 Å². The van der Waals surface area contributed by atoms with Crippen LogP contribution in [0.25, 0.3) is 98.1 Å². The van der Waals surface area contributed by atoms with Gasteiger partial charge in [-0.3, -0.25) is 0 Å². The van der Waals surface area contributed by atoms with Gasteiger partial charge < -0.3 is 0 Å². The predicted molar refractivity (Wildman–Crippen MR) is 215 cm³/mol. The number of aromatic nitrogens is 3. The maximum absolute atomic E-state index is 5.18. The van der Waals surface area contributed by atoms with Crippen molar-refractivity contribution in [3.05, 3.63) is 176 Å². The van der Waals surface area contributed by atoms with Crippen LogP contribution in [0.2, 0.25) is 0 Å². The van der Waals surface area contributed by atoms with Gasteiger partial charge in [-0.1, -0.05) is 158 Å². The van der Waals surface area contributed by atoms with E-state index in [1.807, 2.05) is 47.7 Å². The molecule has 2 aromatic heterocycles. The molecule has 4 heteroatoms. The molecule has 238 valence electrons. The molecule has 10 aromatic rings. The predicted octanol–water partition coefficient (Wildman–Crippen LogP) is 12.9. The molecule has 0 fully saturated rings. The van der Waals surface area contributed by atoms with Crippen LogP contribution in [-0.4, -0.2) is 15.0 Å². The van der Waals surface area contributed by atoms with Crippen molar-refractivity contribution in [3.63, 3.8) is 0 Å². The smallest absolute Gasteiger partial charge is 0.164 e. The number of fused-ring (bicyclic) bond motifs is 5. The van der Waals surface area contributed by atoms with Gasteiger partial charge in [0.15, 0.2) is 17.5 Å². The van der Waals surface area contributed by atoms with E-state index in [-0.39, 0.29) is 0 Å². The molecule has 51 heavy (non-hydrogen) atoms. The summed E-state index contributed by atoms with van der Waals surface area (Å²) in [5.41, 5.74) is 7.75. The molecule has 0 spiro atoms. The summed E-state index contributed by atoms with van der Waals surface area (Å²) in [7, 11) is 0. The average molecular weight is 668 g/mol. The van der Waals surface area contributed by atoms with Gasteiger partial charge in [0, 0.05) is 42.4 Å². The van der Waals surface area contributed by atoms with Crippen molar-refractivity contribution in [1.29, 1.82) is 0 Å². The van der Waals surface area contributed by atoms with Crippen LogP contribution in [0.5, 0.6) is 0 Å². The molecule has 3 nitrogen and oxygen atoms in total. The highest BCUT2D eigenvalue weighted by molar-refractivity contribution is 7.26. The highest BCUT2D eigenvalue weighted by Gasteiger charge is 2.22. The van der Waals surface area contributed by atoms with E-state index < -0.39 is 0 Å². The Morgan fingerprint density at radius 3 is 1.49 bits per heavy atom. The van der Waals surface area contributed by atoms with Crippen LogP contribution in [0.3, 0.4) is 0 Å². The fourth-order valence-electron chi connectivity index (χ4n) is 7.41. The van der Waals surface area contributed by atoms with E-state index in [0.717, 1.165) is 33.0 Å². The second kappa shape index (κ2) is 12.1. The molecule has 0 N–H and O–H groups in total. The molecular weight excluding hydrogens is 639 g/mol. The molecule has 0 saturated heterocycles. The maximum atomic E-state index is 5.18. The fraction of sp³-hybridized carbons (Fsp3) is 0. The Hall–Kier alpha value is -6.49.